The first kappa shape index (κ1) is 22.8. The fraction of sp³-hybridized carbons (Fsp3) is 0.333. The maximum atomic E-state index is 13.2. The molecule has 2 aromatic rings. The lowest BCUT2D eigenvalue weighted by molar-refractivity contribution is -0.139. The highest BCUT2D eigenvalue weighted by Gasteiger charge is 2.49. The second kappa shape index (κ2) is 8.86. The Morgan fingerprint density at radius 3 is 2.64 bits per heavy atom. The summed E-state index contributed by atoms with van der Waals surface area (Å²) in [6.45, 7) is 0.937. The molecular formula is C24H25ClN4O4. The van der Waals surface area contributed by atoms with Gasteiger partial charge < -0.3 is 15.5 Å². The minimum Gasteiger partial charge on any atom is -0.335 e. The summed E-state index contributed by atoms with van der Waals surface area (Å²) in [5.74, 6) is -1.47. The molecule has 33 heavy (non-hydrogen) atoms. The number of fused-ring (bicyclic) bond motifs is 1. The first-order valence-electron chi connectivity index (χ1n) is 10.7. The number of anilines is 1. The number of aryl methyl sites for hydroxylation is 2. The van der Waals surface area contributed by atoms with Gasteiger partial charge in [-0.1, -0.05) is 41.9 Å². The SMILES string of the molecule is CN(CC(=O)Nc1ccccc1Cl)C(=O)CN1C(=O)NC(C)(c2ccc3c(c2)CCC3)C1=O. The van der Waals surface area contributed by atoms with Crippen LogP contribution in [0, 0.1) is 0 Å². The average Bonchev–Trinajstić information content (AvgIpc) is 3.33. The molecule has 8 nitrogen and oxygen atoms in total. The molecule has 1 fully saturated rings. The fourth-order valence-corrected chi connectivity index (χ4v) is 4.41. The molecule has 172 valence electrons. The molecule has 1 atom stereocenters. The van der Waals surface area contributed by atoms with Gasteiger partial charge in [0.15, 0.2) is 0 Å². The monoisotopic (exact) mass is 468 g/mol. The van der Waals surface area contributed by atoms with Gasteiger partial charge in [0.05, 0.1) is 17.3 Å². The van der Waals surface area contributed by atoms with Crippen LogP contribution in [0.3, 0.4) is 0 Å². The molecule has 1 saturated heterocycles. The Kier molecular flexibility index (Phi) is 6.12. The quantitative estimate of drug-likeness (QED) is 0.637. The summed E-state index contributed by atoms with van der Waals surface area (Å²) >= 11 is 6.04. The van der Waals surface area contributed by atoms with Gasteiger partial charge in [-0.15, -0.1) is 0 Å². The minimum atomic E-state index is -1.24. The predicted molar refractivity (Wildman–Crippen MR) is 124 cm³/mol. The van der Waals surface area contributed by atoms with Crippen molar-refractivity contribution in [1.82, 2.24) is 15.1 Å². The number of hydrogen-bond donors (Lipinski definition) is 2. The molecular weight excluding hydrogens is 444 g/mol. The van der Waals surface area contributed by atoms with Crippen molar-refractivity contribution in [1.29, 1.82) is 0 Å². The van der Waals surface area contributed by atoms with E-state index in [9.17, 15) is 19.2 Å². The van der Waals surface area contributed by atoms with Crippen LogP contribution in [0.1, 0.15) is 30.0 Å². The van der Waals surface area contributed by atoms with E-state index in [1.165, 1.54) is 18.2 Å². The zero-order valence-electron chi connectivity index (χ0n) is 18.5. The molecule has 0 spiro atoms. The Morgan fingerprint density at radius 1 is 1.15 bits per heavy atom. The van der Waals surface area contributed by atoms with Crippen molar-refractivity contribution in [3.63, 3.8) is 0 Å². The Bertz CT molecular complexity index is 1150. The van der Waals surface area contributed by atoms with Crippen LogP contribution in [-0.4, -0.2) is 53.7 Å². The van der Waals surface area contributed by atoms with Gasteiger partial charge in [-0.25, -0.2) is 4.79 Å². The van der Waals surface area contributed by atoms with Crippen LogP contribution in [0.25, 0.3) is 0 Å². The maximum absolute atomic E-state index is 13.2. The van der Waals surface area contributed by atoms with Crippen LogP contribution in [0.2, 0.25) is 5.02 Å². The highest BCUT2D eigenvalue weighted by Crippen LogP contribution is 2.32. The van der Waals surface area contributed by atoms with Crippen LogP contribution in [-0.2, 0) is 32.8 Å². The van der Waals surface area contributed by atoms with E-state index in [1.54, 1.807) is 31.2 Å². The molecule has 2 N–H and O–H groups in total. The molecule has 1 heterocycles. The molecule has 9 heteroatoms. The third-order valence-electron chi connectivity index (χ3n) is 6.20. The molecule has 5 amide bonds. The smallest absolute Gasteiger partial charge is 0.325 e. The Hall–Kier alpha value is -3.39. The molecule has 1 unspecified atom stereocenters. The first-order valence-corrected chi connectivity index (χ1v) is 11.1. The van der Waals surface area contributed by atoms with Gasteiger partial charge in [0.1, 0.15) is 12.1 Å². The Morgan fingerprint density at radius 2 is 1.88 bits per heavy atom. The van der Waals surface area contributed by atoms with Crippen LogP contribution in [0.15, 0.2) is 42.5 Å². The van der Waals surface area contributed by atoms with Gasteiger partial charge in [0, 0.05) is 7.05 Å². The number of hydrogen-bond acceptors (Lipinski definition) is 4. The number of amides is 5. The highest BCUT2D eigenvalue weighted by molar-refractivity contribution is 6.33. The third kappa shape index (κ3) is 4.43. The highest BCUT2D eigenvalue weighted by atomic mass is 35.5. The summed E-state index contributed by atoms with van der Waals surface area (Å²) < 4.78 is 0. The van der Waals surface area contributed by atoms with E-state index in [4.69, 9.17) is 11.6 Å². The lowest BCUT2D eigenvalue weighted by Crippen LogP contribution is -2.45. The molecule has 0 aromatic heterocycles. The fourth-order valence-electron chi connectivity index (χ4n) is 4.23. The van der Waals surface area contributed by atoms with E-state index < -0.39 is 35.8 Å². The number of carbonyl (C=O) groups is 4. The zero-order valence-corrected chi connectivity index (χ0v) is 19.2. The molecule has 0 saturated carbocycles. The summed E-state index contributed by atoms with van der Waals surface area (Å²) in [6, 6.07) is 12.0. The van der Waals surface area contributed by atoms with Crippen molar-refractivity contribution < 1.29 is 19.2 Å². The van der Waals surface area contributed by atoms with E-state index in [2.05, 4.69) is 10.6 Å². The van der Waals surface area contributed by atoms with Crippen LogP contribution < -0.4 is 10.6 Å². The van der Waals surface area contributed by atoms with Gasteiger partial charge in [0.25, 0.3) is 5.91 Å². The number of nitrogens with zero attached hydrogens (tertiary/aromatic N) is 2. The van der Waals surface area contributed by atoms with Crippen LogP contribution in [0.4, 0.5) is 10.5 Å². The molecule has 2 aliphatic rings. The second-order valence-corrected chi connectivity index (χ2v) is 8.97. The average molecular weight is 469 g/mol. The van der Waals surface area contributed by atoms with Gasteiger partial charge in [-0.3, -0.25) is 19.3 Å². The first-order chi connectivity index (χ1) is 15.7. The zero-order chi connectivity index (χ0) is 23.8. The second-order valence-electron chi connectivity index (χ2n) is 8.56. The van der Waals surface area contributed by atoms with Gasteiger partial charge in [-0.2, -0.15) is 0 Å². The van der Waals surface area contributed by atoms with Crippen LogP contribution >= 0.6 is 11.6 Å². The number of benzene rings is 2. The van der Waals surface area contributed by atoms with Crippen LogP contribution in [0.5, 0.6) is 0 Å². The van der Waals surface area contributed by atoms with Crippen molar-refractivity contribution >= 4 is 41.0 Å². The molecule has 1 aliphatic carbocycles. The number of imide groups is 1. The number of carbonyl (C=O) groups excluding carboxylic acids is 4. The summed E-state index contributed by atoms with van der Waals surface area (Å²) in [5.41, 5.74) is 2.35. The lowest BCUT2D eigenvalue weighted by atomic mass is 9.89. The molecule has 0 bridgehead atoms. The topological polar surface area (TPSA) is 98.8 Å². The normalized spacial score (nSPS) is 19.3. The van der Waals surface area contributed by atoms with Gasteiger partial charge in [-0.05, 0) is 55.0 Å². The Labute approximate surface area is 196 Å². The molecule has 1 aliphatic heterocycles. The number of rotatable bonds is 6. The number of urea groups is 1. The third-order valence-corrected chi connectivity index (χ3v) is 6.53. The number of halogens is 1. The predicted octanol–water partition coefficient (Wildman–Crippen LogP) is 2.69. The van der Waals surface area contributed by atoms with E-state index in [1.807, 2.05) is 18.2 Å². The van der Waals surface area contributed by atoms with E-state index >= 15 is 0 Å². The van der Waals surface area contributed by atoms with E-state index in [-0.39, 0.29) is 6.54 Å². The summed E-state index contributed by atoms with van der Waals surface area (Å²) in [6.07, 6.45) is 3.04. The molecule has 4 rings (SSSR count). The lowest BCUT2D eigenvalue weighted by Gasteiger charge is -2.24. The standard InChI is InChI=1S/C24H25ClN4O4/c1-24(17-11-10-15-6-5-7-16(15)12-17)22(32)29(23(33)27-24)14-21(31)28(2)13-20(30)26-19-9-4-3-8-18(19)25/h3-4,8-12H,5-7,13-14H2,1-2H3,(H,26,30)(H,27,33). The minimum absolute atomic E-state index is 0.254. The van der Waals surface area contributed by atoms with Gasteiger partial charge in [0.2, 0.25) is 11.8 Å². The number of nitrogens with one attached hydrogen (secondary N) is 2. The maximum Gasteiger partial charge on any atom is 0.325 e. The van der Waals surface area contributed by atoms with E-state index in [0.29, 0.717) is 16.3 Å². The summed E-state index contributed by atoms with van der Waals surface area (Å²) in [7, 11) is 1.44. The van der Waals surface area contributed by atoms with Crippen molar-refractivity contribution in [2.75, 3.05) is 25.5 Å². The largest absolute Gasteiger partial charge is 0.335 e. The van der Waals surface area contributed by atoms with E-state index in [0.717, 1.165) is 29.1 Å². The van der Waals surface area contributed by atoms with Gasteiger partial charge >= 0.3 is 6.03 Å². The summed E-state index contributed by atoms with van der Waals surface area (Å²) in [5, 5.41) is 5.75. The summed E-state index contributed by atoms with van der Waals surface area (Å²) in [4.78, 5) is 52.8. The molecule has 0 radical (unpaired) electrons. The van der Waals surface area contributed by atoms with Crippen molar-refractivity contribution in [3.05, 3.63) is 64.2 Å². The number of likely N-dealkylation sites (N-methyl/N-ethyl adjacent to an activating group) is 1. The van der Waals surface area contributed by atoms with Crippen molar-refractivity contribution in [3.8, 4) is 0 Å². The van der Waals surface area contributed by atoms with Crippen molar-refractivity contribution in [2.24, 2.45) is 0 Å². The van der Waals surface area contributed by atoms with Crippen molar-refractivity contribution in [2.45, 2.75) is 31.7 Å². The Balaban J connectivity index is 1.40. The number of para-hydroxylation sites is 1. The molecule has 2 aromatic carbocycles.